The molecular weight excluding hydrogens is 258 g/mol. The summed E-state index contributed by atoms with van der Waals surface area (Å²) in [6.45, 7) is 10.1. The highest BCUT2D eigenvalue weighted by Crippen LogP contribution is 1.95. The summed E-state index contributed by atoms with van der Waals surface area (Å²) in [6.07, 6.45) is 1.19. The fraction of sp³-hybridized carbons (Fsp3) is 0.867. The summed E-state index contributed by atoms with van der Waals surface area (Å²) in [5.41, 5.74) is 0. The molecule has 0 aliphatic heterocycles. The lowest BCUT2D eigenvalue weighted by Gasteiger charge is -2.08. The molecule has 5 heteroatoms. The molecule has 0 saturated heterocycles. The Bertz CT molecular complexity index is 277. The molecule has 0 spiro atoms. The Morgan fingerprint density at radius 2 is 1.65 bits per heavy atom. The first-order valence-corrected chi connectivity index (χ1v) is 7.38. The van der Waals surface area contributed by atoms with E-state index in [1.54, 1.807) is 0 Å². The van der Waals surface area contributed by atoms with Crippen molar-refractivity contribution in [2.75, 3.05) is 33.0 Å². The molecule has 20 heavy (non-hydrogen) atoms. The van der Waals surface area contributed by atoms with E-state index in [1.165, 1.54) is 0 Å². The summed E-state index contributed by atoms with van der Waals surface area (Å²) in [5, 5.41) is 2.86. The minimum atomic E-state index is 0.0141. The van der Waals surface area contributed by atoms with E-state index in [4.69, 9.17) is 9.47 Å². The molecule has 1 amide bonds. The number of rotatable bonds is 12. The molecule has 1 N–H and O–H groups in total. The Labute approximate surface area is 122 Å². The molecule has 0 fully saturated rings. The Hall–Kier alpha value is -0.940. The van der Waals surface area contributed by atoms with E-state index in [2.05, 4.69) is 19.2 Å². The SMILES string of the molecule is CC(C)CNC(=O)CCCOCCOCC(=O)C(C)C. The first kappa shape index (κ1) is 19.1. The number of Topliss-reactive ketones (excluding diaryl/α,β-unsaturated/α-hetero) is 1. The Morgan fingerprint density at radius 1 is 1.00 bits per heavy atom. The van der Waals surface area contributed by atoms with Crippen molar-refractivity contribution in [1.29, 1.82) is 0 Å². The predicted octanol–water partition coefficient (Wildman–Crippen LogP) is 1.80. The molecule has 0 heterocycles. The molecule has 0 unspecified atom stereocenters. The van der Waals surface area contributed by atoms with Crippen LogP contribution in [0.1, 0.15) is 40.5 Å². The average molecular weight is 287 g/mol. The summed E-state index contributed by atoms with van der Waals surface area (Å²) in [7, 11) is 0. The number of hydrogen-bond acceptors (Lipinski definition) is 4. The maximum atomic E-state index is 11.4. The zero-order valence-corrected chi connectivity index (χ0v) is 13.2. The van der Waals surface area contributed by atoms with Crippen molar-refractivity contribution < 1.29 is 19.1 Å². The van der Waals surface area contributed by atoms with Crippen molar-refractivity contribution in [3.8, 4) is 0 Å². The first-order chi connectivity index (χ1) is 9.43. The van der Waals surface area contributed by atoms with Crippen LogP contribution in [0.15, 0.2) is 0 Å². The van der Waals surface area contributed by atoms with E-state index >= 15 is 0 Å². The van der Waals surface area contributed by atoms with Crippen LogP contribution in [0.25, 0.3) is 0 Å². The van der Waals surface area contributed by atoms with Crippen LogP contribution in [-0.2, 0) is 19.1 Å². The van der Waals surface area contributed by atoms with E-state index in [-0.39, 0.29) is 24.2 Å². The van der Waals surface area contributed by atoms with Crippen molar-refractivity contribution >= 4 is 11.7 Å². The molecule has 0 radical (unpaired) electrons. The molecule has 0 bridgehead atoms. The minimum absolute atomic E-state index is 0.0141. The van der Waals surface area contributed by atoms with Crippen LogP contribution >= 0.6 is 0 Å². The minimum Gasteiger partial charge on any atom is -0.379 e. The highest BCUT2D eigenvalue weighted by molar-refractivity contribution is 5.81. The van der Waals surface area contributed by atoms with Gasteiger partial charge in [0.05, 0.1) is 13.2 Å². The van der Waals surface area contributed by atoms with E-state index in [9.17, 15) is 9.59 Å². The van der Waals surface area contributed by atoms with E-state index in [1.807, 2.05) is 13.8 Å². The van der Waals surface area contributed by atoms with Gasteiger partial charge in [0.25, 0.3) is 0 Å². The summed E-state index contributed by atoms with van der Waals surface area (Å²) in [4.78, 5) is 22.6. The smallest absolute Gasteiger partial charge is 0.220 e. The van der Waals surface area contributed by atoms with Gasteiger partial charge >= 0.3 is 0 Å². The molecule has 0 atom stereocenters. The molecule has 0 aromatic rings. The van der Waals surface area contributed by atoms with Crippen LogP contribution in [0, 0.1) is 11.8 Å². The van der Waals surface area contributed by atoms with E-state index in [0.29, 0.717) is 38.6 Å². The highest BCUT2D eigenvalue weighted by Gasteiger charge is 2.06. The molecule has 118 valence electrons. The number of nitrogens with one attached hydrogen (secondary N) is 1. The molecule has 0 aromatic heterocycles. The predicted molar refractivity (Wildman–Crippen MR) is 78.6 cm³/mol. The molecule has 0 aliphatic rings. The van der Waals surface area contributed by atoms with Gasteiger partial charge in [-0.1, -0.05) is 27.7 Å². The second kappa shape index (κ2) is 11.9. The molecule has 5 nitrogen and oxygen atoms in total. The Balaban J connectivity index is 3.28. The van der Waals surface area contributed by atoms with Gasteiger partial charge in [0, 0.05) is 25.5 Å². The molecule has 0 aliphatic carbocycles. The standard InChI is InChI=1S/C15H29NO4/c1-12(2)10-16-15(18)6-5-7-19-8-9-20-11-14(17)13(3)4/h12-13H,5-11H2,1-4H3,(H,16,18). The topological polar surface area (TPSA) is 64.6 Å². The van der Waals surface area contributed by atoms with Crippen molar-refractivity contribution in [1.82, 2.24) is 5.32 Å². The van der Waals surface area contributed by atoms with Gasteiger partial charge in [-0.2, -0.15) is 0 Å². The monoisotopic (exact) mass is 287 g/mol. The number of hydrogen-bond donors (Lipinski definition) is 1. The van der Waals surface area contributed by atoms with Crippen LogP contribution in [0.4, 0.5) is 0 Å². The molecule has 0 aromatic carbocycles. The molecule has 0 saturated carbocycles. The van der Waals surface area contributed by atoms with Gasteiger partial charge in [-0.3, -0.25) is 9.59 Å². The van der Waals surface area contributed by atoms with Crippen LogP contribution in [0.3, 0.4) is 0 Å². The third-order valence-corrected chi connectivity index (χ3v) is 2.66. The van der Waals surface area contributed by atoms with E-state index < -0.39 is 0 Å². The normalized spacial score (nSPS) is 11.1. The Morgan fingerprint density at radius 3 is 2.25 bits per heavy atom. The third kappa shape index (κ3) is 12.1. The largest absolute Gasteiger partial charge is 0.379 e. The van der Waals surface area contributed by atoms with E-state index in [0.717, 1.165) is 6.54 Å². The number of carbonyl (C=O) groups excluding carboxylic acids is 2. The lowest BCUT2D eigenvalue weighted by molar-refractivity contribution is -0.127. The molecular formula is C15H29NO4. The number of ether oxygens (including phenoxy) is 2. The Kier molecular flexibility index (Phi) is 11.3. The maximum absolute atomic E-state index is 11.4. The van der Waals surface area contributed by atoms with Crippen LogP contribution in [0.2, 0.25) is 0 Å². The van der Waals surface area contributed by atoms with Crippen LogP contribution in [-0.4, -0.2) is 44.7 Å². The number of ketones is 1. The second-order valence-corrected chi connectivity index (χ2v) is 5.59. The fourth-order valence-corrected chi connectivity index (χ4v) is 1.30. The first-order valence-electron chi connectivity index (χ1n) is 7.38. The zero-order chi connectivity index (χ0) is 15.4. The van der Waals surface area contributed by atoms with Gasteiger partial charge < -0.3 is 14.8 Å². The van der Waals surface area contributed by atoms with Gasteiger partial charge in [0.1, 0.15) is 6.61 Å². The van der Waals surface area contributed by atoms with Crippen LogP contribution in [0.5, 0.6) is 0 Å². The summed E-state index contributed by atoms with van der Waals surface area (Å²) in [5.74, 6) is 0.661. The quantitative estimate of drug-likeness (QED) is 0.556. The highest BCUT2D eigenvalue weighted by atomic mass is 16.5. The van der Waals surface area contributed by atoms with Crippen molar-refractivity contribution in [2.45, 2.75) is 40.5 Å². The second-order valence-electron chi connectivity index (χ2n) is 5.59. The van der Waals surface area contributed by atoms with Crippen molar-refractivity contribution in [2.24, 2.45) is 11.8 Å². The zero-order valence-electron chi connectivity index (χ0n) is 13.2. The fourth-order valence-electron chi connectivity index (χ4n) is 1.30. The van der Waals surface area contributed by atoms with Crippen LogP contribution < -0.4 is 5.32 Å². The summed E-state index contributed by atoms with van der Waals surface area (Å²) in [6, 6.07) is 0. The molecule has 0 rings (SSSR count). The van der Waals surface area contributed by atoms with Gasteiger partial charge in [0.15, 0.2) is 5.78 Å². The maximum Gasteiger partial charge on any atom is 0.220 e. The lowest BCUT2D eigenvalue weighted by Crippen LogP contribution is -2.27. The van der Waals surface area contributed by atoms with Crippen molar-refractivity contribution in [3.05, 3.63) is 0 Å². The van der Waals surface area contributed by atoms with Crippen molar-refractivity contribution in [3.63, 3.8) is 0 Å². The third-order valence-electron chi connectivity index (χ3n) is 2.66. The van der Waals surface area contributed by atoms with Gasteiger partial charge in [-0.05, 0) is 12.3 Å². The summed E-state index contributed by atoms with van der Waals surface area (Å²) < 4.78 is 10.5. The van der Waals surface area contributed by atoms with Gasteiger partial charge in [-0.25, -0.2) is 0 Å². The lowest BCUT2D eigenvalue weighted by atomic mass is 10.1. The van der Waals surface area contributed by atoms with Gasteiger partial charge in [-0.15, -0.1) is 0 Å². The average Bonchev–Trinajstić information content (AvgIpc) is 2.38. The number of carbonyl (C=O) groups is 2. The number of amides is 1. The van der Waals surface area contributed by atoms with Gasteiger partial charge in [0.2, 0.25) is 5.91 Å². The summed E-state index contributed by atoms with van der Waals surface area (Å²) >= 11 is 0.